The zero-order valence-corrected chi connectivity index (χ0v) is 19.4. The number of nitrogens with one attached hydrogen (secondary N) is 1. The van der Waals surface area contributed by atoms with Crippen molar-refractivity contribution < 1.29 is 4.79 Å². The number of carbonyl (C=O) groups is 1. The van der Waals surface area contributed by atoms with Crippen molar-refractivity contribution in [1.82, 2.24) is 29.5 Å². The number of carbonyl (C=O) groups excluding carboxylic acids is 1. The van der Waals surface area contributed by atoms with Crippen LogP contribution in [0.1, 0.15) is 50.8 Å². The highest BCUT2D eigenvalue weighted by Gasteiger charge is 2.24. The molecule has 0 aliphatic rings. The largest absolute Gasteiger partial charge is 0.305 e. The standard InChI is InChI=1S/C24H27N7O2/c1-15(2)14-30-22(33)17-10-7-6-9-16(17)20(29-30)21(32)27-19-13-18(24(3,4)5)28-31(19)23-25-11-8-12-26-23/h6-13,15H,14H2,1-5H3,(H,27,32). The van der Waals surface area contributed by atoms with Gasteiger partial charge in [0.2, 0.25) is 0 Å². The van der Waals surface area contributed by atoms with Gasteiger partial charge in [0.05, 0.1) is 11.1 Å². The summed E-state index contributed by atoms with van der Waals surface area (Å²) < 4.78 is 2.87. The Kier molecular flexibility index (Phi) is 5.80. The molecule has 0 fully saturated rings. The van der Waals surface area contributed by atoms with Gasteiger partial charge in [-0.3, -0.25) is 9.59 Å². The smallest absolute Gasteiger partial charge is 0.277 e. The average Bonchev–Trinajstić information content (AvgIpc) is 3.20. The second kappa shape index (κ2) is 8.57. The van der Waals surface area contributed by atoms with Gasteiger partial charge in [-0.1, -0.05) is 52.8 Å². The lowest BCUT2D eigenvalue weighted by Gasteiger charge is -2.13. The van der Waals surface area contributed by atoms with Gasteiger partial charge in [-0.05, 0) is 18.1 Å². The number of amides is 1. The van der Waals surface area contributed by atoms with Gasteiger partial charge in [-0.25, -0.2) is 14.6 Å². The molecule has 0 aliphatic heterocycles. The second-order valence-electron chi connectivity index (χ2n) is 9.35. The summed E-state index contributed by atoms with van der Waals surface area (Å²) in [4.78, 5) is 34.9. The van der Waals surface area contributed by atoms with Crippen molar-refractivity contribution in [2.75, 3.05) is 5.32 Å². The molecule has 0 aliphatic carbocycles. The van der Waals surface area contributed by atoms with E-state index in [1.807, 2.05) is 34.6 Å². The van der Waals surface area contributed by atoms with Gasteiger partial charge < -0.3 is 5.32 Å². The molecule has 9 heteroatoms. The predicted molar refractivity (Wildman–Crippen MR) is 127 cm³/mol. The topological polar surface area (TPSA) is 108 Å². The molecular formula is C24H27N7O2. The van der Waals surface area contributed by atoms with E-state index in [9.17, 15) is 9.59 Å². The zero-order chi connectivity index (χ0) is 23.8. The van der Waals surface area contributed by atoms with Crippen molar-refractivity contribution in [3.63, 3.8) is 0 Å². The third kappa shape index (κ3) is 4.52. The van der Waals surface area contributed by atoms with Crippen LogP contribution < -0.4 is 10.9 Å². The maximum absolute atomic E-state index is 13.4. The summed E-state index contributed by atoms with van der Waals surface area (Å²) in [5.74, 6) is 0.508. The quantitative estimate of drug-likeness (QED) is 0.503. The third-order valence-electron chi connectivity index (χ3n) is 5.08. The van der Waals surface area contributed by atoms with Crippen molar-refractivity contribution in [2.24, 2.45) is 5.92 Å². The Hall–Kier alpha value is -3.88. The molecule has 9 nitrogen and oxygen atoms in total. The Morgan fingerprint density at radius 1 is 1.03 bits per heavy atom. The maximum Gasteiger partial charge on any atom is 0.277 e. The van der Waals surface area contributed by atoms with Crippen LogP contribution in [0, 0.1) is 5.92 Å². The fourth-order valence-electron chi connectivity index (χ4n) is 3.44. The summed E-state index contributed by atoms with van der Waals surface area (Å²) in [5.41, 5.74) is 0.473. The first-order valence-electron chi connectivity index (χ1n) is 10.8. The van der Waals surface area contributed by atoms with Gasteiger partial charge in [0.15, 0.2) is 5.69 Å². The van der Waals surface area contributed by atoms with E-state index in [4.69, 9.17) is 0 Å². The van der Waals surface area contributed by atoms with Crippen molar-refractivity contribution in [3.8, 4) is 5.95 Å². The van der Waals surface area contributed by atoms with E-state index in [0.717, 1.165) is 5.69 Å². The van der Waals surface area contributed by atoms with Crippen LogP contribution in [0.15, 0.2) is 53.6 Å². The van der Waals surface area contributed by atoms with Gasteiger partial charge in [0, 0.05) is 35.8 Å². The second-order valence-corrected chi connectivity index (χ2v) is 9.35. The number of hydrogen-bond acceptors (Lipinski definition) is 6. The SMILES string of the molecule is CC(C)Cn1nc(C(=O)Nc2cc(C(C)(C)C)nn2-c2ncccn2)c2ccccc2c1=O. The predicted octanol–water partition coefficient (Wildman–Crippen LogP) is 3.58. The van der Waals surface area contributed by atoms with Crippen LogP contribution in [-0.2, 0) is 12.0 Å². The highest BCUT2D eigenvalue weighted by molar-refractivity contribution is 6.10. The summed E-state index contributed by atoms with van der Waals surface area (Å²) in [6, 6.07) is 10.5. The van der Waals surface area contributed by atoms with Crippen LogP contribution in [0.5, 0.6) is 0 Å². The molecule has 170 valence electrons. The van der Waals surface area contributed by atoms with Crippen LogP contribution in [-0.4, -0.2) is 35.4 Å². The molecule has 1 N–H and O–H groups in total. The Bertz CT molecular complexity index is 1370. The van der Waals surface area contributed by atoms with E-state index in [1.54, 1.807) is 48.8 Å². The van der Waals surface area contributed by atoms with Crippen LogP contribution in [0.2, 0.25) is 0 Å². The first-order chi connectivity index (χ1) is 15.6. The maximum atomic E-state index is 13.4. The fraction of sp³-hybridized carbons (Fsp3) is 0.333. The summed E-state index contributed by atoms with van der Waals surface area (Å²) in [6.07, 6.45) is 3.23. The number of rotatable bonds is 5. The molecule has 33 heavy (non-hydrogen) atoms. The molecule has 0 saturated carbocycles. The van der Waals surface area contributed by atoms with Gasteiger partial charge in [0.1, 0.15) is 5.82 Å². The number of hydrogen-bond donors (Lipinski definition) is 1. The van der Waals surface area contributed by atoms with Gasteiger partial charge in [-0.15, -0.1) is 0 Å². The first-order valence-corrected chi connectivity index (χ1v) is 10.8. The molecule has 1 aromatic carbocycles. The number of aromatic nitrogens is 6. The monoisotopic (exact) mass is 445 g/mol. The molecule has 4 rings (SSSR count). The van der Waals surface area contributed by atoms with E-state index in [2.05, 4.69) is 25.5 Å². The minimum Gasteiger partial charge on any atom is -0.305 e. The van der Waals surface area contributed by atoms with Crippen LogP contribution in [0.3, 0.4) is 0 Å². The summed E-state index contributed by atoms with van der Waals surface area (Å²) in [5, 5.41) is 12.9. The van der Waals surface area contributed by atoms with Crippen molar-refractivity contribution in [1.29, 1.82) is 0 Å². The number of benzene rings is 1. The lowest BCUT2D eigenvalue weighted by atomic mass is 9.92. The summed E-state index contributed by atoms with van der Waals surface area (Å²) in [6.45, 7) is 10.5. The molecule has 0 radical (unpaired) electrons. The number of fused-ring (bicyclic) bond motifs is 1. The molecule has 0 unspecified atom stereocenters. The van der Waals surface area contributed by atoms with Crippen molar-refractivity contribution in [2.45, 2.75) is 46.6 Å². The Morgan fingerprint density at radius 2 is 1.70 bits per heavy atom. The molecular weight excluding hydrogens is 418 g/mol. The Morgan fingerprint density at radius 3 is 2.33 bits per heavy atom. The third-order valence-corrected chi connectivity index (χ3v) is 5.08. The highest BCUT2D eigenvalue weighted by atomic mass is 16.2. The lowest BCUT2D eigenvalue weighted by Crippen LogP contribution is -2.29. The molecule has 1 amide bonds. The Balaban J connectivity index is 1.82. The fourth-order valence-corrected chi connectivity index (χ4v) is 3.44. The van der Waals surface area contributed by atoms with Gasteiger partial charge in [-0.2, -0.15) is 14.9 Å². The van der Waals surface area contributed by atoms with Crippen molar-refractivity contribution >= 4 is 22.5 Å². The molecule has 3 heterocycles. The van der Waals surface area contributed by atoms with E-state index >= 15 is 0 Å². The normalized spacial score (nSPS) is 11.8. The highest BCUT2D eigenvalue weighted by Crippen LogP contribution is 2.26. The minimum atomic E-state index is -0.443. The summed E-state index contributed by atoms with van der Waals surface area (Å²) in [7, 11) is 0. The van der Waals surface area contributed by atoms with E-state index in [-0.39, 0.29) is 22.6 Å². The number of anilines is 1. The average molecular weight is 446 g/mol. The molecule has 0 spiro atoms. The molecule has 0 atom stereocenters. The van der Waals surface area contributed by atoms with Gasteiger partial charge >= 0.3 is 0 Å². The van der Waals surface area contributed by atoms with Crippen LogP contribution in [0.25, 0.3) is 16.7 Å². The van der Waals surface area contributed by atoms with Crippen LogP contribution in [0.4, 0.5) is 5.82 Å². The van der Waals surface area contributed by atoms with Gasteiger partial charge in [0.25, 0.3) is 17.4 Å². The zero-order valence-electron chi connectivity index (χ0n) is 19.4. The Labute approximate surface area is 191 Å². The lowest BCUT2D eigenvalue weighted by molar-refractivity contribution is 0.102. The molecule has 4 aromatic rings. The van der Waals surface area contributed by atoms with E-state index in [0.29, 0.717) is 29.1 Å². The first kappa shape index (κ1) is 22.3. The molecule has 0 bridgehead atoms. The minimum absolute atomic E-state index is 0.171. The van der Waals surface area contributed by atoms with Crippen molar-refractivity contribution in [3.05, 3.63) is 70.5 Å². The summed E-state index contributed by atoms with van der Waals surface area (Å²) >= 11 is 0. The van der Waals surface area contributed by atoms with E-state index in [1.165, 1.54) is 9.36 Å². The molecule has 3 aromatic heterocycles. The number of nitrogens with zero attached hydrogens (tertiary/aromatic N) is 6. The van der Waals surface area contributed by atoms with Crippen LogP contribution >= 0.6 is 0 Å². The molecule has 0 saturated heterocycles. The van der Waals surface area contributed by atoms with E-state index < -0.39 is 5.91 Å².